The van der Waals surface area contributed by atoms with Crippen LogP contribution >= 0.6 is 12.2 Å². The highest BCUT2D eigenvalue weighted by Crippen LogP contribution is 2.48. The monoisotopic (exact) mass is 751 g/mol. The summed E-state index contributed by atoms with van der Waals surface area (Å²) in [5.41, 5.74) is -1.98. The minimum Gasteiger partial charge on any atom is -0.479 e. The lowest BCUT2D eigenvalue weighted by molar-refractivity contribution is -0.170. The van der Waals surface area contributed by atoms with Gasteiger partial charge in [0.05, 0.1) is 25.2 Å². The Balaban J connectivity index is 1.51. The summed E-state index contributed by atoms with van der Waals surface area (Å²) in [4.78, 5) is 29.1. The van der Waals surface area contributed by atoms with Crippen molar-refractivity contribution >= 4 is 29.3 Å². The van der Waals surface area contributed by atoms with E-state index in [1.807, 2.05) is 80.6 Å². The quantitative estimate of drug-likeness (QED) is 0.0655. The van der Waals surface area contributed by atoms with Crippen molar-refractivity contribution < 1.29 is 38.7 Å². The molecular formula is C43H61NO8S. The Bertz CT molecular complexity index is 1420. The maximum Gasteiger partial charge on any atom is 0.336 e. The fourth-order valence-corrected chi connectivity index (χ4v) is 8.27. The van der Waals surface area contributed by atoms with E-state index in [0.717, 1.165) is 56.1 Å². The van der Waals surface area contributed by atoms with Crippen LogP contribution in [-0.4, -0.2) is 76.5 Å². The fourth-order valence-electron chi connectivity index (χ4n) is 7.93. The number of nitrogens with zero attached hydrogens (tertiary/aromatic N) is 1. The number of ether oxygens (including phenoxy) is 4. The molecule has 292 valence electrons. The van der Waals surface area contributed by atoms with Gasteiger partial charge in [-0.15, -0.1) is 0 Å². The first-order valence-electron chi connectivity index (χ1n) is 19.6. The van der Waals surface area contributed by atoms with Crippen molar-refractivity contribution in [3.8, 4) is 0 Å². The number of benzene rings is 2. The number of hydrogen-bond donors (Lipinski definition) is 2. The molecule has 2 N–H and O–H groups in total. The van der Waals surface area contributed by atoms with Crippen LogP contribution in [0.1, 0.15) is 115 Å². The number of carbonyl (C=O) groups is 2. The second-order valence-corrected chi connectivity index (χ2v) is 15.2. The van der Waals surface area contributed by atoms with Gasteiger partial charge in [0.2, 0.25) is 5.91 Å². The zero-order chi connectivity index (χ0) is 38.3. The van der Waals surface area contributed by atoms with Crippen LogP contribution in [0.4, 0.5) is 0 Å². The maximum atomic E-state index is 14.8. The number of hydrogen-bond acceptors (Lipinski definition) is 8. The van der Waals surface area contributed by atoms with E-state index in [0.29, 0.717) is 19.6 Å². The van der Waals surface area contributed by atoms with Gasteiger partial charge in [0, 0.05) is 44.1 Å². The summed E-state index contributed by atoms with van der Waals surface area (Å²) in [6, 6.07) is 18.6. The third-order valence-electron chi connectivity index (χ3n) is 10.7. The second-order valence-electron chi connectivity index (χ2n) is 14.8. The largest absolute Gasteiger partial charge is 0.479 e. The lowest BCUT2D eigenvalue weighted by Gasteiger charge is -2.39. The molecule has 0 saturated carbocycles. The summed E-state index contributed by atoms with van der Waals surface area (Å²) in [5.74, 6) is -4.21. The SMILES string of the molecule is CCCCCCCC1(CCCCCCC=C[C@H](C(=O)N2C(=S)OC(c3ccccc3)(c3ccccc3)C2C(C)C)[C@@](O)(CCOC)C(=O)O)OCCO1. The average Bonchev–Trinajstić information content (AvgIpc) is 3.76. The number of allylic oxidation sites excluding steroid dienone is 1. The van der Waals surface area contributed by atoms with Gasteiger partial charge in [-0.3, -0.25) is 9.69 Å². The Kier molecular flexibility index (Phi) is 16.5. The first-order chi connectivity index (χ1) is 25.6. The lowest BCUT2D eigenvalue weighted by atomic mass is 9.75. The molecule has 0 radical (unpaired) electrons. The molecule has 2 fully saturated rings. The summed E-state index contributed by atoms with van der Waals surface area (Å²) in [5, 5.41) is 22.2. The van der Waals surface area contributed by atoms with E-state index in [1.54, 1.807) is 6.08 Å². The van der Waals surface area contributed by atoms with E-state index in [9.17, 15) is 19.8 Å². The summed E-state index contributed by atoms with van der Waals surface area (Å²) >= 11 is 5.83. The standard InChI is InChI=1S/C43H61NO8S/c1-5-6-7-11-20-27-41(50-31-32-51-41)28-21-12-9-8-10-19-26-36(42(48,39(46)47)29-30-49-4)38(45)44-37(33(2)3)43(52-40(44)53,34-22-15-13-16-23-34)35-24-17-14-18-25-35/h13-19,22-26,33,36-37,48H,5-12,20-21,27-32H2,1-4H3,(H,46,47)/t36-,37?,42+/m1/s1. The van der Waals surface area contributed by atoms with Crippen molar-refractivity contribution in [1.29, 1.82) is 0 Å². The van der Waals surface area contributed by atoms with Crippen LogP contribution in [0, 0.1) is 11.8 Å². The molecule has 53 heavy (non-hydrogen) atoms. The zero-order valence-corrected chi connectivity index (χ0v) is 33.0. The average molecular weight is 752 g/mol. The Hall–Kier alpha value is -3.15. The summed E-state index contributed by atoms with van der Waals surface area (Å²) in [6.45, 7) is 7.45. The number of aliphatic carboxylic acids is 1. The van der Waals surface area contributed by atoms with Crippen molar-refractivity contribution in [1.82, 2.24) is 4.90 Å². The van der Waals surface area contributed by atoms with Crippen molar-refractivity contribution in [2.24, 2.45) is 11.8 Å². The second kappa shape index (κ2) is 20.5. The summed E-state index contributed by atoms with van der Waals surface area (Å²) < 4.78 is 24.0. The van der Waals surface area contributed by atoms with Crippen molar-refractivity contribution in [3.63, 3.8) is 0 Å². The van der Waals surface area contributed by atoms with E-state index >= 15 is 0 Å². The maximum absolute atomic E-state index is 14.8. The molecule has 9 nitrogen and oxygen atoms in total. The highest BCUT2D eigenvalue weighted by molar-refractivity contribution is 7.80. The number of amides is 1. The topological polar surface area (TPSA) is 115 Å². The van der Waals surface area contributed by atoms with Gasteiger partial charge in [-0.25, -0.2) is 4.79 Å². The highest BCUT2D eigenvalue weighted by Gasteiger charge is 2.60. The molecule has 10 heteroatoms. The number of rotatable bonds is 23. The van der Waals surface area contributed by atoms with Gasteiger partial charge in [-0.2, -0.15) is 0 Å². The van der Waals surface area contributed by atoms with E-state index in [-0.39, 0.29) is 24.1 Å². The van der Waals surface area contributed by atoms with Crippen LogP contribution in [0.2, 0.25) is 0 Å². The van der Waals surface area contributed by atoms with E-state index in [1.165, 1.54) is 37.7 Å². The van der Waals surface area contributed by atoms with Gasteiger partial charge in [-0.05, 0) is 43.8 Å². The molecule has 0 spiro atoms. The Morgan fingerprint density at radius 3 is 1.98 bits per heavy atom. The molecule has 2 aromatic carbocycles. The summed E-state index contributed by atoms with van der Waals surface area (Å²) in [7, 11) is 1.43. The molecule has 0 bridgehead atoms. The molecule has 1 unspecified atom stereocenters. The number of methoxy groups -OCH3 is 1. The summed E-state index contributed by atoms with van der Waals surface area (Å²) in [6.07, 6.45) is 15.4. The molecule has 2 heterocycles. The molecule has 1 amide bonds. The smallest absolute Gasteiger partial charge is 0.336 e. The van der Waals surface area contributed by atoms with Crippen LogP contribution in [0.3, 0.4) is 0 Å². The first-order valence-corrected chi connectivity index (χ1v) is 20.0. The lowest BCUT2D eigenvalue weighted by Crippen LogP contribution is -2.57. The number of carbonyl (C=O) groups excluding carboxylic acids is 1. The third-order valence-corrected chi connectivity index (χ3v) is 11.0. The van der Waals surface area contributed by atoms with Crippen molar-refractivity contribution in [2.45, 2.75) is 127 Å². The number of carboxylic acid groups (broad SMARTS) is 1. The zero-order valence-electron chi connectivity index (χ0n) is 32.2. The van der Waals surface area contributed by atoms with Crippen molar-refractivity contribution in [2.75, 3.05) is 26.9 Å². The molecule has 2 aliphatic rings. The number of aliphatic hydroxyl groups is 1. The Morgan fingerprint density at radius 1 is 0.925 bits per heavy atom. The molecular weight excluding hydrogens is 691 g/mol. The number of unbranched alkanes of at least 4 members (excludes halogenated alkanes) is 8. The van der Waals surface area contributed by atoms with Gasteiger partial charge < -0.3 is 29.2 Å². The van der Waals surface area contributed by atoms with Gasteiger partial charge in [-0.1, -0.05) is 132 Å². The van der Waals surface area contributed by atoms with Crippen LogP contribution in [-0.2, 0) is 34.1 Å². The van der Waals surface area contributed by atoms with E-state index in [4.69, 9.17) is 31.2 Å². The number of carboxylic acids is 1. The predicted octanol–water partition coefficient (Wildman–Crippen LogP) is 8.57. The molecule has 2 saturated heterocycles. The van der Waals surface area contributed by atoms with Crippen molar-refractivity contribution in [3.05, 3.63) is 83.9 Å². The number of thiocarbonyl (C=S) groups is 1. The molecule has 2 aromatic rings. The predicted molar refractivity (Wildman–Crippen MR) is 210 cm³/mol. The minimum absolute atomic E-state index is 0.0550. The normalized spacial score (nSPS) is 19.8. The Morgan fingerprint density at radius 2 is 1.47 bits per heavy atom. The van der Waals surface area contributed by atoms with E-state index < -0.39 is 40.8 Å². The van der Waals surface area contributed by atoms with Gasteiger partial charge in [0.25, 0.3) is 5.17 Å². The Labute approximate surface area is 322 Å². The van der Waals surface area contributed by atoms with Gasteiger partial charge in [0.1, 0.15) is 0 Å². The van der Waals surface area contributed by atoms with Gasteiger partial charge >= 0.3 is 5.97 Å². The molecule has 0 aliphatic carbocycles. The van der Waals surface area contributed by atoms with E-state index in [2.05, 4.69) is 6.92 Å². The van der Waals surface area contributed by atoms with Crippen LogP contribution in [0.15, 0.2) is 72.8 Å². The van der Waals surface area contributed by atoms with Crippen LogP contribution < -0.4 is 0 Å². The first kappa shape index (κ1) is 42.6. The highest BCUT2D eigenvalue weighted by atomic mass is 32.1. The molecule has 2 aliphatic heterocycles. The fraction of sp³-hybridized carbons (Fsp3) is 0.605. The molecule has 0 aromatic heterocycles. The minimum atomic E-state index is -2.45. The third kappa shape index (κ3) is 10.3. The molecule has 4 rings (SSSR count). The van der Waals surface area contributed by atoms with Crippen LogP contribution in [0.5, 0.6) is 0 Å². The van der Waals surface area contributed by atoms with Crippen LogP contribution in [0.25, 0.3) is 0 Å². The van der Waals surface area contributed by atoms with Gasteiger partial charge in [0.15, 0.2) is 17.0 Å². The molecule has 3 atom stereocenters.